The van der Waals surface area contributed by atoms with Crippen LogP contribution in [0.1, 0.15) is 26.3 Å². The molecule has 2 N–H and O–H groups in total. The van der Waals surface area contributed by atoms with Crippen molar-refractivity contribution in [3.8, 4) is 11.4 Å². The predicted octanol–water partition coefficient (Wildman–Crippen LogP) is 2.83. The Kier molecular flexibility index (Phi) is 7.72. The zero-order chi connectivity index (χ0) is 24.2. The number of rotatable bonds is 9. The first-order valence-corrected chi connectivity index (χ1v) is 12.7. The fraction of sp³-hybridized carbons (Fsp3) is 0.333. The average molecular weight is 491 g/mol. The summed E-state index contributed by atoms with van der Waals surface area (Å²) < 4.78 is 28.8. The maximum absolute atomic E-state index is 13.0. The van der Waals surface area contributed by atoms with Gasteiger partial charge < -0.3 is 10.4 Å². The monoisotopic (exact) mass is 490 g/mol. The van der Waals surface area contributed by atoms with Crippen LogP contribution in [0.25, 0.3) is 5.69 Å². The highest BCUT2D eigenvalue weighted by atomic mass is 32.2. The van der Waals surface area contributed by atoms with Crippen molar-refractivity contribution < 1.29 is 18.3 Å². The van der Waals surface area contributed by atoms with Gasteiger partial charge in [0.1, 0.15) is 5.75 Å². The van der Waals surface area contributed by atoms with E-state index < -0.39 is 15.3 Å². The molecule has 176 valence electrons. The minimum Gasteiger partial charge on any atom is -0.508 e. The van der Waals surface area contributed by atoms with E-state index in [-0.39, 0.29) is 16.6 Å². The molecule has 3 aromatic rings. The number of aryl methyl sites for hydroxylation is 1. The average Bonchev–Trinajstić information content (AvgIpc) is 3.24. The van der Waals surface area contributed by atoms with E-state index in [1.807, 2.05) is 0 Å². The van der Waals surface area contributed by atoms with E-state index in [0.717, 1.165) is 11.8 Å². The third-order valence-electron chi connectivity index (χ3n) is 4.97. The van der Waals surface area contributed by atoms with E-state index in [0.29, 0.717) is 35.2 Å². The maximum atomic E-state index is 13.0. The molecule has 0 saturated carbocycles. The molecule has 0 spiro atoms. The summed E-state index contributed by atoms with van der Waals surface area (Å²) in [5.41, 5.74) is 1.63. The number of aromatic hydroxyl groups is 1. The number of sulfonamides is 1. The molecule has 1 heterocycles. The second kappa shape index (κ2) is 10.3. The number of tetrazole rings is 1. The minimum atomic E-state index is -3.66. The number of thioether (sulfide) groups is 1. The van der Waals surface area contributed by atoms with Crippen molar-refractivity contribution in [2.75, 3.05) is 18.4 Å². The van der Waals surface area contributed by atoms with E-state index in [1.54, 1.807) is 52.0 Å². The summed E-state index contributed by atoms with van der Waals surface area (Å²) in [5.74, 6) is -0.204. The van der Waals surface area contributed by atoms with Gasteiger partial charge in [-0.05, 0) is 66.2 Å². The van der Waals surface area contributed by atoms with Crippen LogP contribution >= 0.6 is 11.8 Å². The van der Waals surface area contributed by atoms with Crippen LogP contribution in [0.3, 0.4) is 0 Å². The number of nitrogens with one attached hydrogen (secondary N) is 1. The molecule has 1 atom stereocenters. The molecule has 1 aromatic heterocycles. The van der Waals surface area contributed by atoms with Gasteiger partial charge in [0.2, 0.25) is 21.1 Å². The Morgan fingerprint density at radius 1 is 1.18 bits per heavy atom. The largest absolute Gasteiger partial charge is 0.508 e. The molecule has 0 aliphatic heterocycles. The third-order valence-corrected chi connectivity index (χ3v) is 8.19. The number of phenols is 1. The Hall–Kier alpha value is -2.96. The highest BCUT2D eigenvalue weighted by molar-refractivity contribution is 8.00. The number of nitrogens with zero attached hydrogens (tertiary/aromatic N) is 5. The molecule has 1 amide bonds. The van der Waals surface area contributed by atoms with Crippen molar-refractivity contribution in [2.45, 2.75) is 43.0 Å². The molecule has 1 unspecified atom stereocenters. The second-order valence-electron chi connectivity index (χ2n) is 7.21. The van der Waals surface area contributed by atoms with Crippen LogP contribution in [-0.4, -0.2) is 62.3 Å². The Balaban J connectivity index is 1.76. The number of benzene rings is 2. The lowest BCUT2D eigenvalue weighted by molar-refractivity contribution is -0.115. The SMILES string of the molecule is CCN(CC)S(=O)(=O)c1cc(NC(=O)C(C)Sc2nnnn2-c2ccc(O)cc2)ccc1C. The molecule has 10 nitrogen and oxygen atoms in total. The van der Waals surface area contributed by atoms with E-state index in [9.17, 15) is 18.3 Å². The Morgan fingerprint density at radius 3 is 2.48 bits per heavy atom. The van der Waals surface area contributed by atoms with Gasteiger partial charge in [-0.3, -0.25) is 4.79 Å². The summed E-state index contributed by atoms with van der Waals surface area (Å²) >= 11 is 1.15. The summed E-state index contributed by atoms with van der Waals surface area (Å²) in [6, 6.07) is 11.2. The standard InChI is InChI=1S/C21H26N6O4S2/c1-5-26(6-2)33(30,31)19-13-16(8-7-14(19)3)22-20(29)15(4)32-21-23-24-25-27(21)17-9-11-18(28)12-10-17/h7-13,15,28H,5-6H2,1-4H3,(H,22,29). The number of aromatic nitrogens is 4. The van der Waals surface area contributed by atoms with Gasteiger partial charge >= 0.3 is 0 Å². The second-order valence-corrected chi connectivity index (χ2v) is 10.4. The van der Waals surface area contributed by atoms with Gasteiger partial charge in [-0.25, -0.2) is 8.42 Å². The predicted molar refractivity (Wildman–Crippen MR) is 126 cm³/mol. The van der Waals surface area contributed by atoms with Crippen molar-refractivity contribution in [1.82, 2.24) is 24.5 Å². The van der Waals surface area contributed by atoms with Crippen LogP contribution in [0, 0.1) is 6.92 Å². The van der Waals surface area contributed by atoms with Crippen LogP contribution in [0.4, 0.5) is 5.69 Å². The summed E-state index contributed by atoms with van der Waals surface area (Å²) in [5, 5.41) is 23.7. The third kappa shape index (κ3) is 5.52. The van der Waals surface area contributed by atoms with Crippen molar-refractivity contribution in [3.63, 3.8) is 0 Å². The summed E-state index contributed by atoms with van der Waals surface area (Å²) in [6.45, 7) is 7.72. The number of hydrogen-bond donors (Lipinski definition) is 2. The molecule has 3 rings (SSSR count). The lowest BCUT2D eigenvalue weighted by Gasteiger charge is -2.20. The number of anilines is 1. The Bertz CT molecular complexity index is 1220. The molecule has 0 bridgehead atoms. The zero-order valence-electron chi connectivity index (χ0n) is 18.8. The van der Waals surface area contributed by atoms with Crippen molar-refractivity contribution in [2.24, 2.45) is 0 Å². The van der Waals surface area contributed by atoms with Crippen LogP contribution in [0.5, 0.6) is 5.75 Å². The molecule has 0 radical (unpaired) electrons. The Morgan fingerprint density at radius 2 is 1.85 bits per heavy atom. The molecule has 0 fully saturated rings. The van der Waals surface area contributed by atoms with E-state index >= 15 is 0 Å². The number of phenolic OH excluding ortho intramolecular Hbond substituents is 1. The van der Waals surface area contributed by atoms with Gasteiger partial charge in [0.25, 0.3) is 0 Å². The zero-order valence-corrected chi connectivity index (χ0v) is 20.4. The highest BCUT2D eigenvalue weighted by Crippen LogP contribution is 2.27. The topological polar surface area (TPSA) is 130 Å². The number of amides is 1. The number of carbonyl (C=O) groups is 1. The van der Waals surface area contributed by atoms with Crippen molar-refractivity contribution in [3.05, 3.63) is 48.0 Å². The lowest BCUT2D eigenvalue weighted by Crippen LogP contribution is -2.31. The van der Waals surface area contributed by atoms with E-state index in [4.69, 9.17) is 0 Å². The van der Waals surface area contributed by atoms with Gasteiger partial charge in [-0.1, -0.05) is 31.7 Å². The minimum absolute atomic E-state index is 0.120. The van der Waals surface area contributed by atoms with Crippen LogP contribution < -0.4 is 5.32 Å². The smallest absolute Gasteiger partial charge is 0.243 e. The van der Waals surface area contributed by atoms with Crippen LogP contribution in [-0.2, 0) is 14.8 Å². The molecular formula is C21H26N6O4S2. The summed E-state index contributed by atoms with van der Waals surface area (Å²) in [6.07, 6.45) is 0. The lowest BCUT2D eigenvalue weighted by atomic mass is 10.2. The molecule has 12 heteroatoms. The molecule has 0 saturated heterocycles. The first-order chi connectivity index (χ1) is 15.7. The molecule has 2 aromatic carbocycles. The van der Waals surface area contributed by atoms with E-state index in [1.165, 1.54) is 27.2 Å². The van der Waals surface area contributed by atoms with Gasteiger partial charge in [0.05, 0.1) is 15.8 Å². The van der Waals surface area contributed by atoms with Gasteiger partial charge in [0.15, 0.2) is 0 Å². The van der Waals surface area contributed by atoms with Crippen LogP contribution in [0.15, 0.2) is 52.5 Å². The number of carbonyl (C=O) groups excluding carboxylic acids is 1. The van der Waals surface area contributed by atoms with Crippen molar-refractivity contribution >= 4 is 33.4 Å². The normalized spacial score (nSPS) is 12.6. The molecule has 33 heavy (non-hydrogen) atoms. The molecule has 0 aliphatic rings. The van der Waals surface area contributed by atoms with E-state index in [2.05, 4.69) is 20.8 Å². The highest BCUT2D eigenvalue weighted by Gasteiger charge is 2.25. The maximum Gasteiger partial charge on any atom is 0.243 e. The van der Waals surface area contributed by atoms with Gasteiger partial charge in [-0.15, -0.1) is 5.10 Å². The first kappa shape index (κ1) is 24.7. The van der Waals surface area contributed by atoms with Crippen molar-refractivity contribution in [1.29, 1.82) is 0 Å². The van der Waals surface area contributed by atoms with Crippen LogP contribution in [0.2, 0.25) is 0 Å². The fourth-order valence-electron chi connectivity index (χ4n) is 3.12. The summed E-state index contributed by atoms with van der Waals surface area (Å²) in [7, 11) is -3.66. The van der Waals surface area contributed by atoms with Gasteiger partial charge in [0, 0.05) is 18.8 Å². The summed E-state index contributed by atoms with van der Waals surface area (Å²) in [4.78, 5) is 13.0. The van der Waals surface area contributed by atoms with Gasteiger partial charge in [-0.2, -0.15) is 8.99 Å². The molecule has 0 aliphatic carbocycles. The fourth-order valence-corrected chi connectivity index (χ4v) is 5.64. The molecular weight excluding hydrogens is 464 g/mol. The quantitative estimate of drug-likeness (QED) is 0.438. The first-order valence-electron chi connectivity index (χ1n) is 10.3. The Labute approximate surface area is 197 Å². The number of hydrogen-bond acceptors (Lipinski definition) is 8.